The van der Waals surface area contributed by atoms with Crippen LogP contribution in [-0.2, 0) is 0 Å². The van der Waals surface area contributed by atoms with E-state index in [0.717, 1.165) is 34.2 Å². The van der Waals surface area contributed by atoms with Crippen LogP contribution in [0.25, 0.3) is 27.5 Å². The molecule has 11 aromatic carbocycles. The van der Waals surface area contributed by atoms with Gasteiger partial charge in [0.05, 0.1) is 22.4 Å². The molecule has 0 bridgehead atoms. The molecule has 1 aromatic heterocycles. The molecule has 19 rings (SSSR count). The lowest BCUT2D eigenvalue weighted by Gasteiger charge is -2.55. The van der Waals surface area contributed by atoms with Crippen LogP contribution in [0, 0.1) is 0 Å². The monoisotopic (exact) mass is 949 g/mol. The Hall–Kier alpha value is -9.59. The van der Waals surface area contributed by atoms with Crippen LogP contribution in [0.15, 0.2) is 231 Å². The molecule has 8 heterocycles. The summed E-state index contributed by atoms with van der Waals surface area (Å²) in [4.78, 5) is 10.4. The first kappa shape index (κ1) is 39.0. The van der Waals surface area contributed by atoms with Crippen LogP contribution in [0.3, 0.4) is 0 Å². The minimum absolute atomic E-state index is 0.00104. The molecule has 342 valence electrons. The van der Waals surface area contributed by atoms with Gasteiger partial charge in [-0.15, -0.1) is 0 Å². The van der Waals surface area contributed by atoms with E-state index < -0.39 is 0 Å². The fourth-order valence-corrected chi connectivity index (χ4v) is 15.0. The summed E-state index contributed by atoms with van der Waals surface area (Å²) in [5.41, 5.74) is 29.9. The van der Waals surface area contributed by atoms with Crippen LogP contribution in [0.1, 0.15) is 0 Å². The fraction of sp³-hybridized carbons (Fsp3) is 0. The van der Waals surface area contributed by atoms with Crippen LogP contribution in [0.2, 0.25) is 0 Å². The Morgan fingerprint density at radius 2 is 0.707 bits per heavy atom. The Kier molecular flexibility index (Phi) is 7.14. The molecule has 0 spiro atoms. The first-order valence-electron chi connectivity index (χ1n) is 26.2. The summed E-state index contributed by atoms with van der Waals surface area (Å²) in [6.07, 6.45) is 0. The number of aromatic nitrogens is 1. The second-order valence-corrected chi connectivity index (χ2v) is 21.1. The number of hydrogen-bond acceptors (Lipinski definition) is 5. The van der Waals surface area contributed by atoms with Crippen molar-refractivity contribution in [1.82, 2.24) is 4.57 Å². The first-order chi connectivity index (χ1) is 37.3. The van der Waals surface area contributed by atoms with Gasteiger partial charge < -0.3 is 28.9 Å². The van der Waals surface area contributed by atoms with Crippen LogP contribution < -0.4 is 73.5 Å². The lowest BCUT2D eigenvalue weighted by molar-refractivity contribution is 0.477. The molecule has 0 aliphatic carbocycles. The summed E-state index contributed by atoms with van der Waals surface area (Å²) in [6.45, 7) is -0.163. The van der Waals surface area contributed by atoms with Crippen molar-refractivity contribution < 1.29 is 4.74 Å². The number of benzene rings is 11. The van der Waals surface area contributed by atoms with Gasteiger partial charge in [0.25, 0.3) is 20.1 Å². The Balaban J connectivity index is 1.02. The van der Waals surface area contributed by atoms with Crippen molar-refractivity contribution in [2.45, 2.75) is 0 Å². The van der Waals surface area contributed by atoms with Crippen LogP contribution >= 0.6 is 0 Å². The van der Waals surface area contributed by atoms with E-state index in [1.54, 1.807) is 0 Å². The van der Waals surface area contributed by atoms with Gasteiger partial charge in [-0.3, -0.25) is 0 Å². The van der Waals surface area contributed by atoms with Gasteiger partial charge in [-0.1, -0.05) is 146 Å². The van der Waals surface area contributed by atoms with Crippen molar-refractivity contribution in [3.05, 3.63) is 231 Å². The van der Waals surface area contributed by atoms with Gasteiger partial charge in [0, 0.05) is 73.3 Å². The number of fused-ring (bicyclic) bond motifs is 23. The SMILES string of the molecule is c1ccc(N2c3ccccc3Oc3cc4c(cc32)N2c3ccccc3B3c5ccccc5N5c6ccccc6B6c7ccccc7N7c8cc9c(cc8B4c4c2c3c5c6c47)c2ccccc2n9-c2ccccc2)cc1. The summed E-state index contributed by atoms with van der Waals surface area (Å²) >= 11 is 0. The largest absolute Gasteiger partial charge is 0.453 e. The molecule has 0 fully saturated rings. The molecule has 0 saturated heterocycles. The van der Waals surface area contributed by atoms with Gasteiger partial charge in [0.1, 0.15) is 0 Å². The van der Waals surface area contributed by atoms with Crippen molar-refractivity contribution in [2.24, 2.45) is 0 Å². The summed E-state index contributed by atoms with van der Waals surface area (Å²) in [7, 11) is 0. The number of anilines is 12. The van der Waals surface area contributed by atoms with E-state index in [1.165, 1.54) is 122 Å². The zero-order chi connectivity index (χ0) is 48.4. The molecule has 7 aliphatic heterocycles. The van der Waals surface area contributed by atoms with Crippen molar-refractivity contribution in [1.29, 1.82) is 0 Å². The lowest BCUT2D eigenvalue weighted by atomic mass is 9.24. The van der Waals surface area contributed by atoms with E-state index in [0.29, 0.717) is 0 Å². The molecule has 0 amide bonds. The molecular formula is C66H38B3N5O. The zero-order valence-electron chi connectivity index (χ0n) is 40.3. The maximum atomic E-state index is 7.19. The topological polar surface area (TPSA) is 27.1 Å². The highest BCUT2D eigenvalue weighted by atomic mass is 16.5. The highest BCUT2D eigenvalue weighted by molar-refractivity contribution is 7.09. The van der Waals surface area contributed by atoms with E-state index in [9.17, 15) is 0 Å². The summed E-state index contributed by atoms with van der Waals surface area (Å²) in [6, 6.07) is 86.2. The van der Waals surface area contributed by atoms with Crippen LogP contribution in [-0.4, -0.2) is 24.7 Å². The minimum Gasteiger partial charge on any atom is -0.453 e. The van der Waals surface area contributed by atoms with Gasteiger partial charge in [0.2, 0.25) is 0 Å². The predicted molar refractivity (Wildman–Crippen MR) is 314 cm³/mol. The molecule has 6 nitrogen and oxygen atoms in total. The second-order valence-electron chi connectivity index (χ2n) is 21.1. The first-order valence-corrected chi connectivity index (χ1v) is 26.2. The number of para-hydroxylation sites is 9. The molecular weight excluding hydrogens is 911 g/mol. The summed E-state index contributed by atoms with van der Waals surface area (Å²) in [5.74, 6) is 1.69. The molecule has 0 atom stereocenters. The maximum absolute atomic E-state index is 7.19. The molecule has 0 N–H and O–H groups in total. The Morgan fingerprint density at radius 1 is 0.267 bits per heavy atom. The summed E-state index contributed by atoms with van der Waals surface area (Å²) < 4.78 is 9.67. The average Bonchev–Trinajstić information content (AvgIpc) is 3.95. The van der Waals surface area contributed by atoms with Crippen LogP contribution in [0.5, 0.6) is 11.5 Å². The fourth-order valence-electron chi connectivity index (χ4n) is 15.0. The smallest absolute Gasteiger partial charge is 0.252 e. The highest BCUT2D eigenvalue weighted by Gasteiger charge is 2.57. The quantitative estimate of drug-likeness (QED) is 0.161. The predicted octanol–water partition coefficient (Wildman–Crippen LogP) is 10.2. The zero-order valence-corrected chi connectivity index (χ0v) is 40.3. The average molecular weight is 949 g/mol. The Bertz CT molecular complexity index is 4580. The van der Waals surface area contributed by atoms with E-state index in [2.05, 4.69) is 255 Å². The number of hydrogen-bond donors (Lipinski definition) is 0. The molecule has 12 aromatic rings. The number of nitrogens with zero attached hydrogens (tertiary/aromatic N) is 5. The van der Waals surface area contributed by atoms with Crippen molar-refractivity contribution >= 4 is 159 Å². The van der Waals surface area contributed by atoms with Gasteiger partial charge in [-0.2, -0.15) is 0 Å². The normalized spacial score (nSPS) is 14.6. The van der Waals surface area contributed by atoms with E-state index in [4.69, 9.17) is 4.74 Å². The Morgan fingerprint density at radius 3 is 1.29 bits per heavy atom. The highest BCUT2D eigenvalue weighted by Crippen LogP contribution is 2.56. The molecule has 75 heavy (non-hydrogen) atoms. The second kappa shape index (κ2) is 13.7. The van der Waals surface area contributed by atoms with Gasteiger partial charge >= 0.3 is 0 Å². The standard InChI is InChI=1S/C66H38B3N5O/c1-3-19-39(20-4-1)70-49-28-12-7-23-41(49)42-35-47-56(37-55(42)70)73-52-31-15-10-26-45(52)67-43-24-8-13-29-50(43)72-51-30-14-9-25-44(51)68-46-27-11-16-32-53(46)74-57-38-58-60(36-48(57)69(47)63-65(73)61(67)64(72)62(68)66(63)74)75-59-34-18-17-33-54(59)71(58)40-21-5-2-6-22-40/h1-38H. The maximum Gasteiger partial charge on any atom is 0.252 e. The number of ether oxygens (including phenoxy) is 1. The summed E-state index contributed by atoms with van der Waals surface area (Å²) in [5, 5.41) is 2.48. The third-order valence-corrected chi connectivity index (χ3v) is 17.7. The van der Waals surface area contributed by atoms with Crippen LogP contribution in [0.4, 0.5) is 68.2 Å². The number of rotatable bonds is 2. The van der Waals surface area contributed by atoms with Crippen molar-refractivity contribution in [2.75, 3.05) is 19.6 Å². The van der Waals surface area contributed by atoms with Gasteiger partial charge in [-0.25, -0.2) is 0 Å². The molecule has 9 heteroatoms. The van der Waals surface area contributed by atoms with Gasteiger partial charge in [0.15, 0.2) is 11.5 Å². The molecule has 0 unspecified atom stereocenters. The molecule has 0 saturated carbocycles. The molecule has 7 aliphatic rings. The third kappa shape index (κ3) is 4.65. The molecule has 0 radical (unpaired) electrons. The van der Waals surface area contributed by atoms with Gasteiger partial charge in [-0.05, 0) is 134 Å². The lowest BCUT2D eigenvalue weighted by Crippen LogP contribution is -2.74. The Labute approximate surface area is 433 Å². The van der Waals surface area contributed by atoms with Crippen molar-refractivity contribution in [3.8, 4) is 17.2 Å². The van der Waals surface area contributed by atoms with Crippen molar-refractivity contribution in [3.63, 3.8) is 0 Å². The van der Waals surface area contributed by atoms with E-state index in [-0.39, 0.29) is 20.1 Å². The minimum atomic E-state index is -0.159. The van der Waals surface area contributed by atoms with E-state index >= 15 is 0 Å². The third-order valence-electron chi connectivity index (χ3n) is 17.7. The van der Waals surface area contributed by atoms with E-state index in [1.807, 2.05) is 0 Å².